The van der Waals surface area contributed by atoms with E-state index in [4.69, 9.17) is 9.15 Å². The summed E-state index contributed by atoms with van der Waals surface area (Å²) in [5.41, 5.74) is 4.55. The van der Waals surface area contributed by atoms with Crippen molar-refractivity contribution >= 4 is 17.7 Å². The molecule has 0 bridgehead atoms. The fourth-order valence-electron chi connectivity index (χ4n) is 1.54. The Bertz CT molecular complexity index is 707. The molecule has 0 aliphatic rings. The summed E-state index contributed by atoms with van der Waals surface area (Å²) in [6.45, 7) is 0. The molecule has 0 atom stereocenters. The smallest absolute Gasteiger partial charge is 0.433 e. The molecule has 0 fully saturated rings. The van der Waals surface area contributed by atoms with Crippen LogP contribution in [-0.2, 0) is 0 Å². The number of ether oxygens (including phenoxy) is 1. The zero-order valence-electron chi connectivity index (χ0n) is 11.4. The standard InChI is InChI=1S/C13H11N3O6/c1-21-9-4-2-8(3-5-9)12(17)14-15-13(18)10-6-7-11(22-10)16(19)20/h2-7H,1H3,(H,14,17)(H,15,18). The summed E-state index contributed by atoms with van der Waals surface area (Å²) in [5.74, 6) is -1.64. The Balaban J connectivity index is 1.94. The van der Waals surface area contributed by atoms with E-state index in [1.54, 1.807) is 12.1 Å². The number of hydrogen-bond donors (Lipinski definition) is 2. The SMILES string of the molecule is COc1ccc(C(=O)NNC(=O)c2ccc([N+](=O)[O-])o2)cc1. The third-order valence-corrected chi connectivity index (χ3v) is 2.64. The minimum absolute atomic E-state index is 0.290. The first-order valence-corrected chi connectivity index (χ1v) is 6.00. The Morgan fingerprint density at radius 2 is 1.73 bits per heavy atom. The van der Waals surface area contributed by atoms with Crippen LogP contribution < -0.4 is 15.6 Å². The van der Waals surface area contributed by atoms with E-state index in [9.17, 15) is 19.7 Å². The number of amides is 2. The van der Waals surface area contributed by atoms with Crippen molar-refractivity contribution in [3.63, 3.8) is 0 Å². The van der Waals surface area contributed by atoms with Crippen molar-refractivity contribution in [2.24, 2.45) is 0 Å². The highest BCUT2D eigenvalue weighted by molar-refractivity contribution is 5.98. The highest BCUT2D eigenvalue weighted by Crippen LogP contribution is 2.15. The Morgan fingerprint density at radius 1 is 1.09 bits per heavy atom. The van der Waals surface area contributed by atoms with Gasteiger partial charge in [-0.15, -0.1) is 0 Å². The van der Waals surface area contributed by atoms with Crippen LogP contribution in [0.3, 0.4) is 0 Å². The Morgan fingerprint density at radius 3 is 2.27 bits per heavy atom. The van der Waals surface area contributed by atoms with E-state index in [0.717, 1.165) is 12.1 Å². The van der Waals surface area contributed by atoms with E-state index in [0.29, 0.717) is 11.3 Å². The van der Waals surface area contributed by atoms with Gasteiger partial charge < -0.3 is 9.15 Å². The maximum Gasteiger partial charge on any atom is 0.433 e. The molecular formula is C13H11N3O6. The van der Waals surface area contributed by atoms with Crippen LogP contribution in [0.2, 0.25) is 0 Å². The topological polar surface area (TPSA) is 124 Å². The summed E-state index contributed by atoms with van der Waals surface area (Å²) in [6, 6.07) is 8.38. The zero-order chi connectivity index (χ0) is 16.1. The van der Waals surface area contributed by atoms with Gasteiger partial charge in [-0.25, -0.2) is 0 Å². The second-order valence-electron chi connectivity index (χ2n) is 4.03. The van der Waals surface area contributed by atoms with Crippen molar-refractivity contribution < 1.29 is 23.7 Å². The molecule has 0 unspecified atom stereocenters. The summed E-state index contributed by atoms with van der Waals surface area (Å²) in [6.07, 6.45) is 0. The number of benzene rings is 1. The fraction of sp³-hybridized carbons (Fsp3) is 0.0769. The van der Waals surface area contributed by atoms with Crippen LogP contribution in [-0.4, -0.2) is 23.8 Å². The lowest BCUT2D eigenvalue weighted by molar-refractivity contribution is -0.402. The van der Waals surface area contributed by atoms with E-state index in [1.807, 2.05) is 0 Å². The van der Waals surface area contributed by atoms with Crippen LogP contribution in [0.25, 0.3) is 0 Å². The van der Waals surface area contributed by atoms with Crippen molar-refractivity contribution in [1.82, 2.24) is 10.9 Å². The van der Waals surface area contributed by atoms with Gasteiger partial charge in [0.25, 0.3) is 5.91 Å². The van der Waals surface area contributed by atoms with Gasteiger partial charge in [0.15, 0.2) is 0 Å². The predicted molar refractivity (Wildman–Crippen MR) is 73.3 cm³/mol. The number of nitrogens with one attached hydrogen (secondary N) is 2. The predicted octanol–water partition coefficient (Wildman–Crippen LogP) is 1.27. The Labute approximate surface area is 124 Å². The largest absolute Gasteiger partial charge is 0.497 e. The summed E-state index contributed by atoms with van der Waals surface area (Å²) in [4.78, 5) is 33.1. The molecule has 1 aromatic carbocycles. The molecule has 0 saturated heterocycles. The molecule has 9 nitrogen and oxygen atoms in total. The van der Waals surface area contributed by atoms with Crippen molar-refractivity contribution in [1.29, 1.82) is 0 Å². The van der Waals surface area contributed by atoms with Gasteiger partial charge in [0, 0.05) is 5.56 Å². The van der Waals surface area contributed by atoms with Gasteiger partial charge in [-0.1, -0.05) is 0 Å². The number of hydrazine groups is 1. The maximum atomic E-state index is 11.8. The zero-order valence-corrected chi connectivity index (χ0v) is 11.4. The second kappa shape index (κ2) is 6.39. The number of furan rings is 1. The number of carbonyl (C=O) groups excluding carboxylic acids is 2. The van der Waals surface area contributed by atoms with E-state index < -0.39 is 22.6 Å². The molecule has 9 heteroatoms. The molecule has 0 spiro atoms. The monoisotopic (exact) mass is 305 g/mol. The van der Waals surface area contributed by atoms with Gasteiger partial charge in [-0.2, -0.15) is 0 Å². The first kappa shape index (κ1) is 15.0. The molecule has 2 rings (SSSR count). The molecule has 114 valence electrons. The number of hydrogen-bond acceptors (Lipinski definition) is 6. The van der Waals surface area contributed by atoms with Crippen molar-refractivity contribution in [2.45, 2.75) is 0 Å². The summed E-state index contributed by atoms with van der Waals surface area (Å²) < 4.78 is 9.65. The van der Waals surface area contributed by atoms with Gasteiger partial charge in [-0.05, 0) is 30.3 Å². The molecule has 0 saturated carbocycles. The minimum atomic E-state index is -0.810. The van der Waals surface area contributed by atoms with Gasteiger partial charge in [0.1, 0.15) is 10.7 Å². The molecule has 2 N–H and O–H groups in total. The fourth-order valence-corrected chi connectivity index (χ4v) is 1.54. The van der Waals surface area contributed by atoms with E-state index in [-0.39, 0.29) is 5.76 Å². The van der Waals surface area contributed by atoms with Crippen LogP contribution >= 0.6 is 0 Å². The van der Waals surface area contributed by atoms with Crippen molar-refractivity contribution in [2.75, 3.05) is 7.11 Å². The third-order valence-electron chi connectivity index (χ3n) is 2.64. The lowest BCUT2D eigenvalue weighted by atomic mass is 10.2. The number of nitro groups is 1. The minimum Gasteiger partial charge on any atom is -0.497 e. The second-order valence-corrected chi connectivity index (χ2v) is 4.03. The average molecular weight is 305 g/mol. The molecule has 0 aliphatic heterocycles. The third kappa shape index (κ3) is 3.39. The summed E-state index contributed by atoms with van der Waals surface area (Å²) in [7, 11) is 1.50. The van der Waals surface area contributed by atoms with E-state index >= 15 is 0 Å². The van der Waals surface area contributed by atoms with Gasteiger partial charge in [0.05, 0.1) is 13.2 Å². The van der Waals surface area contributed by atoms with Crippen LogP contribution in [0.4, 0.5) is 5.88 Å². The lowest BCUT2D eigenvalue weighted by Crippen LogP contribution is -2.41. The average Bonchev–Trinajstić information content (AvgIpc) is 3.02. The molecule has 1 aromatic heterocycles. The van der Waals surface area contributed by atoms with Crippen LogP contribution in [0, 0.1) is 10.1 Å². The Hall–Kier alpha value is -3.36. The molecule has 2 aromatic rings. The molecule has 1 heterocycles. The number of carbonyl (C=O) groups is 2. The first-order valence-electron chi connectivity index (χ1n) is 6.00. The highest BCUT2D eigenvalue weighted by Gasteiger charge is 2.17. The first-order chi connectivity index (χ1) is 10.5. The van der Waals surface area contributed by atoms with Crippen molar-refractivity contribution in [3.05, 3.63) is 57.8 Å². The summed E-state index contributed by atoms with van der Waals surface area (Å²) in [5, 5.41) is 10.4. The number of nitrogens with zero attached hydrogens (tertiary/aromatic N) is 1. The Kier molecular flexibility index (Phi) is 4.37. The normalized spacial score (nSPS) is 9.86. The molecular weight excluding hydrogens is 294 g/mol. The maximum absolute atomic E-state index is 11.8. The molecule has 0 aliphatic carbocycles. The van der Waals surface area contributed by atoms with Gasteiger partial charge >= 0.3 is 11.8 Å². The quantitative estimate of drug-likeness (QED) is 0.647. The van der Waals surface area contributed by atoms with E-state index in [2.05, 4.69) is 10.9 Å². The van der Waals surface area contributed by atoms with Gasteiger partial charge in [0.2, 0.25) is 5.76 Å². The number of methoxy groups -OCH3 is 1. The van der Waals surface area contributed by atoms with Crippen LogP contribution in [0.15, 0.2) is 40.8 Å². The molecule has 2 amide bonds. The van der Waals surface area contributed by atoms with Gasteiger partial charge in [-0.3, -0.25) is 30.6 Å². The highest BCUT2D eigenvalue weighted by atomic mass is 16.6. The van der Waals surface area contributed by atoms with Crippen molar-refractivity contribution in [3.8, 4) is 5.75 Å². The van der Waals surface area contributed by atoms with E-state index in [1.165, 1.54) is 19.2 Å². The van der Waals surface area contributed by atoms with Crippen LogP contribution in [0.1, 0.15) is 20.9 Å². The molecule has 22 heavy (non-hydrogen) atoms. The van der Waals surface area contributed by atoms with Crippen LogP contribution in [0.5, 0.6) is 5.75 Å². The lowest BCUT2D eigenvalue weighted by Gasteiger charge is -2.06. The summed E-state index contributed by atoms with van der Waals surface area (Å²) >= 11 is 0. The molecule has 0 radical (unpaired) electrons. The number of rotatable bonds is 4.